The fourth-order valence-electron chi connectivity index (χ4n) is 1.22. The molecule has 2 N–H and O–H groups in total. The molecule has 0 aliphatic heterocycles. The van der Waals surface area contributed by atoms with Crippen LogP contribution in [0, 0.1) is 5.92 Å². The Balaban J connectivity index is 3.37. The van der Waals surface area contributed by atoms with Gasteiger partial charge < -0.3 is 15.2 Å². The third-order valence-corrected chi connectivity index (χ3v) is 2.31. The monoisotopic (exact) mass is 231 g/mol. The number of methoxy groups -OCH3 is 1. The fraction of sp³-hybridized carbons (Fsp3) is 0.818. The molecule has 0 bridgehead atoms. The van der Waals surface area contributed by atoms with Crippen LogP contribution in [-0.2, 0) is 14.3 Å². The fourth-order valence-corrected chi connectivity index (χ4v) is 1.22. The van der Waals surface area contributed by atoms with Gasteiger partial charge in [-0.25, -0.2) is 0 Å². The van der Waals surface area contributed by atoms with Gasteiger partial charge in [0.05, 0.1) is 5.92 Å². The second kappa shape index (κ2) is 9.15. The van der Waals surface area contributed by atoms with E-state index in [9.17, 15) is 9.59 Å². The first-order valence-corrected chi connectivity index (χ1v) is 5.56. The Kier molecular flexibility index (Phi) is 8.52. The Morgan fingerprint density at radius 2 is 2.06 bits per heavy atom. The number of aliphatic carboxylic acids is 1. The lowest BCUT2D eigenvalue weighted by Crippen LogP contribution is -2.25. The normalized spacial score (nSPS) is 12.1. The van der Waals surface area contributed by atoms with Gasteiger partial charge in [-0.2, -0.15) is 0 Å². The van der Waals surface area contributed by atoms with Crippen LogP contribution in [0.1, 0.15) is 32.6 Å². The van der Waals surface area contributed by atoms with Crippen LogP contribution in [0.25, 0.3) is 0 Å². The van der Waals surface area contributed by atoms with Gasteiger partial charge in [-0.3, -0.25) is 9.59 Å². The van der Waals surface area contributed by atoms with Crippen molar-refractivity contribution in [3.05, 3.63) is 0 Å². The Morgan fingerprint density at radius 3 is 2.62 bits per heavy atom. The van der Waals surface area contributed by atoms with E-state index in [4.69, 9.17) is 9.84 Å². The van der Waals surface area contributed by atoms with Crippen molar-refractivity contribution in [1.29, 1.82) is 0 Å². The van der Waals surface area contributed by atoms with E-state index in [1.165, 1.54) is 0 Å². The zero-order chi connectivity index (χ0) is 12.4. The molecule has 1 unspecified atom stereocenters. The van der Waals surface area contributed by atoms with Gasteiger partial charge in [0.25, 0.3) is 0 Å². The molecule has 5 heteroatoms. The molecule has 0 aliphatic rings. The Labute approximate surface area is 96.2 Å². The number of amides is 1. The molecule has 0 fully saturated rings. The summed E-state index contributed by atoms with van der Waals surface area (Å²) in [6, 6.07) is 0. The smallest absolute Gasteiger partial charge is 0.306 e. The summed E-state index contributed by atoms with van der Waals surface area (Å²) in [6.45, 7) is 2.80. The predicted octanol–water partition coefficient (Wildman–Crippen LogP) is 1.03. The van der Waals surface area contributed by atoms with Crippen LogP contribution in [0.3, 0.4) is 0 Å². The van der Waals surface area contributed by atoms with Crippen molar-refractivity contribution in [2.24, 2.45) is 5.92 Å². The largest absolute Gasteiger partial charge is 0.481 e. The topological polar surface area (TPSA) is 75.6 Å². The molecule has 0 radical (unpaired) electrons. The summed E-state index contributed by atoms with van der Waals surface area (Å²) in [5, 5.41) is 11.4. The van der Waals surface area contributed by atoms with Crippen molar-refractivity contribution in [2.45, 2.75) is 32.6 Å². The minimum Gasteiger partial charge on any atom is -0.481 e. The highest BCUT2D eigenvalue weighted by Crippen LogP contribution is 2.04. The van der Waals surface area contributed by atoms with Crippen molar-refractivity contribution < 1.29 is 19.4 Å². The number of hydrogen-bond donors (Lipinski definition) is 2. The van der Waals surface area contributed by atoms with Gasteiger partial charge in [0.1, 0.15) is 0 Å². The van der Waals surface area contributed by atoms with Crippen LogP contribution < -0.4 is 5.32 Å². The van der Waals surface area contributed by atoms with Crippen LogP contribution in [0.4, 0.5) is 0 Å². The average molecular weight is 231 g/mol. The van der Waals surface area contributed by atoms with Crippen LogP contribution in [-0.4, -0.2) is 37.2 Å². The summed E-state index contributed by atoms with van der Waals surface area (Å²) in [7, 11) is 1.60. The van der Waals surface area contributed by atoms with Crippen LogP contribution in [0.15, 0.2) is 0 Å². The molecule has 0 saturated carbocycles. The number of carbonyl (C=O) groups excluding carboxylic acids is 1. The minimum atomic E-state index is -0.786. The number of ether oxygens (including phenoxy) is 1. The molecule has 0 aromatic carbocycles. The van der Waals surface area contributed by atoms with Crippen LogP contribution in [0.5, 0.6) is 0 Å². The minimum absolute atomic E-state index is 0.0000260. The highest BCUT2D eigenvalue weighted by Gasteiger charge is 2.09. The van der Waals surface area contributed by atoms with E-state index in [1.54, 1.807) is 14.0 Å². The maximum atomic E-state index is 11.2. The number of carbonyl (C=O) groups is 2. The molecule has 0 aliphatic carbocycles. The average Bonchev–Trinajstić information content (AvgIpc) is 2.24. The first kappa shape index (κ1) is 14.9. The van der Waals surface area contributed by atoms with Gasteiger partial charge >= 0.3 is 5.97 Å². The SMILES string of the molecule is COCCCC(=O)NCCCC(C)C(=O)O. The number of carboxylic acids is 1. The Bertz CT molecular complexity index is 218. The maximum absolute atomic E-state index is 11.2. The zero-order valence-corrected chi connectivity index (χ0v) is 9.99. The molecular formula is C11H21NO4. The standard InChI is InChI=1S/C11H21NO4/c1-9(11(14)15)5-3-7-12-10(13)6-4-8-16-2/h9H,3-8H2,1-2H3,(H,12,13)(H,14,15). The third-order valence-electron chi connectivity index (χ3n) is 2.31. The molecule has 16 heavy (non-hydrogen) atoms. The van der Waals surface area contributed by atoms with E-state index in [1.807, 2.05) is 0 Å². The lowest BCUT2D eigenvalue weighted by molar-refractivity contribution is -0.141. The van der Waals surface area contributed by atoms with Gasteiger partial charge in [-0.1, -0.05) is 6.92 Å². The second-order valence-corrected chi connectivity index (χ2v) is 3.83. The Morgan fingerprint density at radius 1 is 1.38 bits per heavy atom. The maximum Gasteiger partial charge on any atom is 0.306 e. The highest BCUT2D eigenvalue weighted by atomic mass is 16.5. The van der Waals surface area contributed by atoms with Crippen molar-refractivity contribution in [1.82, 2.24) is 5.32 Å². The second-order valence-electron chi connectivity index (χ2n) is 3.83. The molecule has 0 saturated heterocycles. The Hall–Kier alpha value is -1.10. The van der Waals surface area contributed by atoms with Crippen molar-refractivity contribution >= 4 is 11.9 Å². The van der Waals surface area contributed by atoms with Crippen molar-refractivity contribution in [3.8, 4) is 0 Å². The van der Waals surface area contributed by atoms with Crippen molar-refractivity contribution in [3.63, 3.8) is 0 Å². The number of nitrogens with one attached hydrogen (secondary N) is 1. The van der Waals surface area contributed by atoms with E-state index in [-0.39, 0.29) is 11.8 Å². The van der Waals surface area contributed by atoms with E-state index in [0.29, 0.717) is 38.8 Å². The van der Waals surface area contributed by atoms with E-state index in [2.05, 4.69) is 5.32 Å². The molecule has 0 heterocycles. The number of rotatable bonds is 9. The number of carboxylic acid groups (broad SMARTS) is 1. The summed E-state index contributed by atoms with van der Waals surface area (Å²) in [5.74, 6) is -1.13. The first-order valence-electron chi connectivity index (χ1n) is 5.56. The van der Waals surface area contributed by atoms with Gasteiger partial charge in [-0.15, -0.1) is 0 Å². The van der Waals surface area contributed by atoms with Crippen LogP contribution in [0.2, 0.25) is 0 Å². The molecule has 1 amide bonds. The molecule has 0 rings (SSSR count). The van der Waals surface area contributed by atoms with Gasteiger partial charge in [0, 0.05) is 26.7 Å². The summed E-state index contributed by atoms with van der Waals surface area (Å²) in [4.78, 5) is 21.7. The molecule has 94 valence electrons. The van der Waals surface area contributed by atoms with E-state index >= 15 is 0 Å². The number of hydrogen-bond acceptors (Lipinski definition) is 3. The zero-order valence-electron chi connectivity index (χ0n) is 9.99. The third kappa shape index (κ3) is 8.23. The quantitative estimate of drug-likeness (QED) is 0.581. The summed E-state index contributed by atoms with van der Waals surface area (Å²) < 4.78 is 4.83. The lowest BCUT2D eigenvalue weighted by Gasteiger charge is -2.07. The molecule has 0 spiro atoms. The molecular weight excluding hydrogens is 210 g/mol. The summed E-state index contributed by atoms with van der Waals surface area (Å²) in [5.41, 5.74) is 0. The van der Waals surface area contributed by atoms with E-state index in [0.717, 1.165) is 0 Å². The summed E-state index contributed by atoms with van der Waals surface area (Å²) >= 11 is 0. The summed E-state index contributed by atoms with van der Waals surface area (Å²) in [6.07, 6.45) is 2.47. The predicted molar refractivity (Wildman–Crippen MR) is 60.2 cm³/mol. The van der Waals surface area contributed by atoms with E-state index < -0.39 is 5.97 Å². The lowest BCUT2D eigenvalue weighted by atomic mass is 10.1. The first-order chi connectivity index (χ1) is 7.57. The van der Waals surface area contributed by atoms with Gasteiger partial charge in [0.2, 0.25) is 5.91 Å². The van der Waals surface area contributed by atoms with Crippen molar-refractivity contribution in [2.75, 3.05) is 20.3 Å². The highest BCUT2D eigenvalue weighted by molar-refractivity contribution is 5.75. The molecule has 0 aromatic rings. The van der Waals surface area contributed by atoms with Gasteiger partial charge in [-0.05, 0) is 19.3 Å². The van der Waals surface area contributed by atoms with Gasteiger partial charge in [0.15, 0.2) is 0 Å². The molecule has 1 atom stereocenters. The molecule has 0 aromatic heterocycles. The molecule has 5 nitrogen and oxygen atoms in total. The van der Waals surface area contributed by atoms with Crippen LogP contribution >= 0.6 is 0 Å².